The second kappa shape index (κ2) is 7.24. The zero-order chi connectivity index (χ0) is 17.7. The van der Waals surface area contributed by atoms with Gasteiger partial charge in [-0.15, -0.1) is 0 Å². The lowest BCUT2D eigenvalue weighted by atomic mass is 10.1. The van der Waals surface area contributed by atoms with Crippen LogP contribution in [0.1, 0.15) is 0 Å². The van der Waals surface area contributed by atoms with Crippen molar-refractivity contribution < 1.29 is 21.7 Å². The topological polar surface area (TPSA) is 116 Å². The van der Waals surface area contributed by atoms with Crippen molar-refractivity contribution in [2.24, 2.45) is 12.2 Å². The Hall–Kier alpha value is -2.71. The molecule has 124 valence electrons. The Morgan fingerprint density at radius 2 is 1.75 bits per heavy atom. The lowest BCUT2D eigenvalue weighted by molar-refractivity contribution is -0.617. The predicted octanol–water partition coefficient (Wildman–Crippen LogP) is 3.19. The molecular weight excluding hydrogens is 332 g/mol. The summed E-state index contributed by atoms with van der Waals surface area (Å²) < 4.78 is 31.8. The van der Waals surface area contributed by atoms with E-state index in [4.69, 9.17) is 10.1 Å². The second-order valence-electron chi connectivity index (χ2n) is 4.79. The van der Waals surface area contributed by atoms with Gasteiger partial charge in [0.25, 0.3) is 0 Å². The maximum atomic E-state index is 9.33. The van der Waals surface area contributed by atoms with Gasteiger partial charge in [-0.1, -0.05) is 23.3 Å². The van der Waals surface area contributed by atoms with Crippen molar-refractivity contribution in [2.45, 2.75) is 0 Å². The largest absolute Gasteiger partial charge is 0.397 e. The molecular formula is C15H15N4O4S+. The molecule has 1 heterocycles. The van der Waals surface area contributed by atoms with Crippen LogP contribution in [0.5, 0.6) is 0 Å². The molecule has 0 saturated heterocycles. The van der Waals surface area contributed by atoms with Crippen LogP contribution < -0.4 is 4.57 Å². The van der Waals surface area contributed by atoms with E-state index >= 15 is 0 Å². The van der Waals surface area contributed by atoms with Gasteiger partial charge in [-0.25, -0.2) is 0 Å². The number of para-hydroxylation sites is 1. The average molecular weight is 347 g/mol. The highest BCUT2D eigenvalue weighted by atomic mass is 32.3. The first-order chi connectivity index (χ1) is 11.4. The zero-order valence-corrected chi connectivity index (χ0v) is 13.8. The molecule has 1 N–H and O–H groups in total. The SMILES string of the molecule is COS(=O)(=O)O.C[n+]1c2ccccc2cc2ccc(N=[N+]=[N-])cc21. The molecule has 0 radical (unpaired) electrons. The lowest BCUT2D eigenvalue weighted by Gasteiger charge is -2.02. The molecule has 0 fully saturated rings. The number of rotatable bonds is 2. The number of fused-ring (bicyclic) bond motifs is 2. The fraction of sp³-hybridized carbons (Fsp3) is 0.133. The van der Waals surface area contributed by atoms with Crippen molar-refractivity contribution in [3.63, 3.8) is 0 Å². The Labute approximate surface area is 138 Å². The summed E-state index contributed by atoms with van der Waals surface area (Å²) in [6, 6.07) is 16.1. The van der Waals surface area contributed by atoms with E-state index in [2.05, 4.69) is 37.0 Å². The molecule has 2 aromatic carbocycles. The minimum absolute atomic E-state index is 0.635. The average Bonchev–Trinajstić information content (AvgIpc) is 2.56. The van der Waals surface area contributed by atoms with Crippen LogP contribution >= 0.6 is 0 Å². The molecule has 0 unspecified atom stereocenters. The van der Waals surface area contributed by atoms with Gasteiger partial charge in [0.15, 0.2) is 0 Å². The first-order valence-corrected chi connectivity index (χ1v) is 8.12. The molecule has 8 nitrogen and oxygen atoms in total. The highest BCUT2D eigenvalue weighted by Crippen LogP contribution is 2.22. The van der Waals surface area contributed by atoms with Crippen LogP contribution in [0, 0.1) is 0 Å². The molecule has 0 bridgehead atoms. The molecule has 9 heteroatoms. The Balaban J connectivity index is 0.000000301. The van der Waals surface area contributed by atoms with Crippen LogP contribution in [-0.2, 0) is 21.6 Å². The van der Waals surface area contributed by atoms with Crippen molar-refractivity contribution in [1.29, 1.82) is 0 Å². The van der Waals surface area contributed by atoms with Crippen LogP contribution in [0.2, 0.25) is 0 Å². The van der Waals surface area contributed by atoms with E-state index in [0.29, 0.717) is 5.69 Å². The maximum absolute atomic E-state index is 9.33. The van der Waals surface area contributed by atoms with Crippen LogP contribution in [0.4, 0.5) is 5.69 Å². The number of aromatic nitrogens is 1. The second-order valence-corrected chi connectivity index (χ2v) is 5.98. The highest BCUT2D eigenvalue weighted by Gasteiger charge is 2.10. The fourth-order valence-electron chi connectivity index (χ4n) is 2.27. The van der Waals surface area contributed by atoms with Gasteiger partial charge in [0.2, 0.25) is 11.0 Å². The summed E-state index contributed by atoms with van der Waals surface area (Å²) in [6.45, 7) is 0. The molecule has 0 atom stereocenters. The minimum atomic E-state index is -4.16. The Morgan fingerprint density at radius 3 is 2.38 bits per heavy atom. The Morgan fingerprint density at radius 1 is 1.12 bits per heavy atom. The zero-order valence-electron chi connectivity index (χ0n) is 13.0. The summed E-state index contributed by atoms with van der Waals surface area (Å²) in [6.07, 6.45) is 0. The van der Waals surface area contributed by atoms with Gasteiger partial charge in [0.05, 0.1) is 7.11 Å². The van der Waals surface area contributed by atoms with E-state index in [-0.39, 0.29) is 0 Å². The molecule has 0 amide bonds. The standard InChI is InChI=1S/C14H11N4.CH4O4S/c1-18-13-5-3-2-4-10(13)8-11-6-7-12(16-17-15)9-14(11)18;1-5-6(2,3)4/h2-9H,1H3;1H3,(H,2,3,4)/q+1;. The van der Waals surface area contributed by atoms with Gasteiger partial charge in [0, 0.05) is 33.5 Å². The molecule has 0 aliphatic heterocycles. The number of aryl methyl sites for hydroxylation is 1. The van der Waals surface area contributed by atoms with Gasteiger partial charge >= 0.3 is 10.4 Å². The normalized spacial score (nSPS) is 10.8. The summed E-state index contributed by atoms with van der Waals surface area (Å²) in [5, 5.41) is 5.98. The van der Waals surface area contributed by atoms with E-state index < -0.39 is 10.4 Å². The maximum Gasteiger partial charge on any atom is 0.397 e. The quantitative estimate of drug-likeness (QED) is 0.191. The van der Waals surface area contributed by atoms with E-state index in [0.717, 1.165) is 23.5 Å². The van der Waals surface area contributed by atoms with Gasteiger partial charge in [-0.05, 0) is 23.7 Å². The summed E-state index contributed by atoms with van der Waals surface area (Å²) in [4.78, 5) is 2.82. The van der Waals surface area contributed by atoms with Gasteiger partial charge in [-0.2, -0.15) is 13.0 Å². The van der Waals surface area contributed by atoms with Crippen LogP contribution in [0.3, 0.4) is 0 Å². The van der Waals surface area contributed by atoms with Crippen LogP contribution in [-0.4, -0.2) is 20.1 Å². The number of azide groups is 1. The molecule has 1 aromatic heterocycles. The van der Waals surface area contributed by atoms with Crippen LogP contribution in [0.15, 0.2) is 53.6 Å². The highest BCUT2D eigenvalue weighted by molar-refractivity contribution is 7.80. The summed E-state index contributed by atoms with van der Waals surface area (Å²) in [5.41, 5.74) is 11.3. The van der Waals surface area contributed by atoms with E-state index in [1.165, 1.54) is 5.39 Å². The van der Waals surface area contributed by atoms with E-state index in [1.807, 2.05) is 37.4 Å². The number of hydrogen-bond acceptors (Lipinski definition) is 4. The molecule has 0 spiro atoms. The number of benzene rings is 2. The summed E-state index contributed by atoms with van der Waals surface area (Å²) >= 11 is 0. The van der Waals surface area contributed by atoms with E-state index in [9.17, 15) is 8.42 Å². The van der Waals surface area contributed by atoms with E-state index in [1.54, 1.807) is 0 Å². The van der Waals surface area contributed by atoms with Crippen molar-refractivity contribution in [3.8, 4) is 0 Å². The third-order valence-corrected chi connectivity index (χ3v) is 3.78. The minimum Gasteiger partial charge on any atom is -0.264 e. The van der Waals surface area contributed by atoms with Crippen molar-refractivity contribution in [1.82, 2.24) is 0 Å². The predicted molar refractivity (Wildman–Crippen MR) is 90.0 cm³/mol. The third-order valence-electron chi connectivity index (χ3n) is 3.36. The molecule has 3 aromatic rings. The first-order valence-electron chi connectivity index (χ1n) is 6.75. The number of nitrogens with zero attached hydrogens (tertiary/aromatic N) is 4. The molecule has 24 heavy (non-hydrogen) atoms. The lowest BCUT2D eigenvalue weighted by Crippen LogP contribution is -2.29. The smallest absolute Gasteiger partial charge is 0.264 e. The fourth-order valence-corrected chi connectivity index (χ4v) is 2.27. The summed E-state index contributed by atoms with van der Waals surface area (Å²) in [7, 11) is -1.27. The van der Waals surface area contributed by atoms with Crippen molar-refractivity contribution >= 4 is 37.9 Å². The first kappa shape index (κ1) is 17.6. The summed E-state index contributed by atoms with van der Waals surface area (Å²) in [5.74, 6) is 0. The molecule has 0 saturated carbocycles. The third kappa shape index (κ3) is 4.18. The molecule has 0 aliphatic carbocycles. The van der Waals surface area contributed by atoms with Gasteiger partial charge < -0.3 is 0 Å². The molecule has 3 rings (SSSR count). The van der Waals surface area contributed by atoms with Gasteiger partial charge in [-0.3, -0.25) is 8.74 Å². The number of pyridine rings is 1. The Bertz CT molecular complexity index is 1040. The monoisotopic (exact) mass is 347 g/mol. The Kier molecular flexibility index (Phi) is 5.32. The number of hydrogen-bond donors (Lipinski definition) is 1. The molecule has 0 aliphatic rings. The van der Waals surface area contributed by atoms with Crippen LogP contribution in [0.25, 0.3) is 32.2 Å². The van der Waals surface area contributed by atoms with Crippen molar-refractivity contribution in [3.05, 3.63) is 59.0 Å². The van der Waals surface area contributed by atoms with Gasteiger partial charge in [0.1, 0.15) is 7.05 Å². The van der Waals surface area contributed by atoms with Crippen molar-refractivity contribution in [2.75, 3.05) is 7.11 Å².